The van der Waals surface area contributed by atoms with Crippen molar-refractivity contribution < 1.29 is 23.7 Å². The maximum Gasteiger partial charge on any atom is 0.187 e. The summed E-state index contributed by atoms with van der Waals surface area (Å²) in [6, 6.07) is 30.4. The second-order valence-electron chi connectivity index (χ2n) is 8.17. The zero-order valence-electron chi connectivity index (χ0n) is 17.9. The standard InChI is InChI=1S/C27H28O5/c1-4-10-20(11-5-1)16-28-19-23-24(29-17-21-12-6-2-7-13-21)25(26-27(31-23)32-26)30-18-22-14-8-3-9-15-22/h1-15,23-27H,16-19H2/t23-,24-,25+,26-,27-/m1/s1. The molecule has 166 valence electrons. The van der Waals surface area contributed by atoms with Gasteiger partial charge in [-0.05, 0) is 16.7 Å². The van der Waals surface area contributed by atoms with Gasteiger partial charge in [-0.15, -0.1) is 0 Å². The number of rotatable bonds is 10. The van der Waals surface area contributed by atoms with Crippen molar-refractivity contribution in [3.05, 3.63) is 108 Å². The molecule has 2 heterocycles. The average molecular weight is 433 g/mol. The van der Waals surface area contributed by atoms with Crippen molar-refractivity contribution in [2.45, 2.75) is 50.5 Å². The molecule has 5 heteroatoms. The molecular weight excluding hydrogens is 404 g/mol. The summed E-state index contributed by atoms with van der Waals surface area (Å²) in [7, 11) is 0. The van der Waals surface area contributed by atoms with E-state index in [4.69, 9.17) is 23.7 Å². The van der Waals surface area contributed by atoms with E-state index in [9.17, 15) is 0 Å². The van der Waals surface area contributed by atoms with Crippen molar-refractivity contribution in [2.75, 3.05) is 6.61 Å². The molecule has 0 N–H and O–H groups in total. The van der Waals surface area contributed by atoms with Crippen molar-refractivity contribution in [3.63, 3.8) is 0 Å². The van der Waals surface area contributed by atoms with Gasteiger partial charge in [0, 0.05) is 0 Å². The van der Waals surface area contributed by atoms with Crippen LogP contribution in [0.25, 0.3) is 0 Å². The molecule has 0 bridgehead atoms. The van der Waals surface area contributed by atoms with Crippen molar-refractivity contribution >= 4 is 0 Å². The average Bonchev–Trinajstić information content (AvgIpc) is 3.63. The third kappa shape index (κ3) is 5.44. The van der Waals surface area contributed by atoms with Gasteiger partial charge in [0.2, 0.25) is 0 Å². The molecule has 3 aromatic carbocycles. The third-order valence-corrected chi connectivity index (χ3v) is 5.77. The lowest BCUT2D eigenvalue weighted by Gasteiger charge is -2.35. The summed E-state index contributed by atoms with van der Waals surface area (Å²) in [5.41, 5.74) is 3.36. The van der Waals surface area contributed by atoms with Gasteiger partial charge in [0.25, 0.3) is 0 Å². The van der Waals surface area contributed by atoms with E-state index in [1.165, 1.54) is 0 Å². The minimum Gasteiger partial charge on any atom is -0.374 e. The molecular formula is C27H28O5. The molecule has 32 heavy (non-hydrogen) atoms. The Bertz CT molecular complexity index is 950. The molecule has 2 aliphatic heterocycles. The van der Waals surface area contributed by atoms with E-state index in [1.54, 1.807) is 0 Å². The largest absolute Gasteiger partial charge is 0.374 e. The number of hydrogen-bond donors (Lipinski definition) is 0. The summed E-state index contributed by atoms with van der Waals surface area (Å²) < 4.78 is 30.6. The van der Waals surface area contributed by atoms with Crippen LogP contribution in [0.5, 0.6) is 0 Å². The first-order valence-corrected chi connectivity index (χ1v) is 11.1. The Morgan fingerprint density at radius 1 is 0.562 bits per heavy atom. The molecule has 0 aliphatic carbocycles. The first-order valence-electron chi connectivity index (χ1n) is 11.1. The van der Waals surface area contributed by atoms with E-state index < -0.39 is 0 Å². The highest BCUT2D eigenvalue weighted by Crippen LogP contribution is 2.39. The second-order valence-corrected chi connectivity index (χ2v) is 8.17. The van der Waals surface area contributed by atoms with Crippen molar-refractivity contribution in [2.24, 2.45) is 0 Å². The summed E-state index contributed by atoms with van der Waals surface area (Å²) >= 11 is 0. The Balaban J connectivity index is 1.26. The van der Waals surface area contributed by atoms with Gasteiger partial charge in [-0.2, -0.15) is 0 Å². The maximum atomic E-state index is 6.37. The van der Waals surface area contributed by atoms with E-state index in [2.05, 4.69) is 36.4 Å². The molecule has 0 spiro atoms. The van der Waals surface area contributed by atoms with E-state index in [0.29, 0.717) is 26.4 Å². The minimum absolute atomic E-state index is 0.107. The molecule has 2 aliphatic rings. The molecule has 0 amide bonds. The number of epoxide rings is 1. The summed E-state index contributed by atoms with van der Waals surface area (Å²) in [5, 5.41) is 0. The van der Waals surface area contributed by atoms with Gasteiger partial charge in [-0.25, -0.2) is 0 Å². The quantitative estimate of drug-likeness (QED) is 0.442. The maximum absolute atomic E-state index is 6.37. The van der Waals surface area contributed by atoms with Crippen LogP contribution in [-0.4, -0.2) is 37.3 Å². The fourth-order valence-corrected chi connectivity index (χ4v) is 4.03. The van der Waals surface area contributed by atoms with Gasteiger partial charge in [-0.1, -0.05) is 91.0 Å². The van der Waals surface area contributed by atoms with E-state index in [1.807, 2.05) is 54.6 Å². The molecule has 5 nitrogen and oxygen atoms in total. The Kier molecular flexibility index (Phi) is 6.92. The van der Waals surface area contributed by atoms with Gasteiger partial charge >= 0.3 is 0 Å². The highest BCUT2D eigenvalue weighted by atomic mass is 16.8. The van der Waals surface area contributed by atoms with Crippen LogP contribution in [0.3, 0.4) is 0 Å². The van der Waals surface area contributed by atoms with Crippen LogP contribution in [-0.2, 0) is 43.5 Å². The van der Waals surface area contributed by atoms with Crippen LogP contribution < -0.4 is 0 Å². The van der Waals surface area contributed by atoms with Crippen LogP contribution in [0.2, 0.25) is 0 Å². The molecule has 5 rings (SSSR count). The number of fused-ring (bicyclic) bond motifs is 1. The van der Waals surface area contributed by atoms with E-state index in [-0.39, 0.29) is 30.7 Å². The Morgan fingerprint density at radius 2 is 1.06 bits per heavy atom. The van der Waals surface area contributed by atoms with E-state index >= 15 is 0 Å². The van der Waals surface area contributed by atoms with Crippen molar-refractivity contribution in [3.8, 4) is 0 Å². The van der Waals surface area contributed by atoms with Crippen LogP contribution >= 0.6 is 0 Å². The normalized spacial score (nSPS) is 26.4. The highest BCUT2D eigenvalue weighted by Gasteiger charge is 2.58. The van der Waals surface area contributed by atoms with Gasteiger partial charge < -0.3 is 23.7 Å². The van der Waals surface area contributed by atoms with Gasteiger partial charge in [-0.3, -0.25) is 0 Å². The Labute approximate surface area is 188 Å². The van der Waals surface area contributed by atoms with Crippen LogP contribution in [0.15, 0.2) is 91.0 Å². The monoisotopic (exact) mass is 432 g/mol. The summed E-state index contributed by atoms with van der Waals surface area (Å²) in [6.07, 6.45) is -1.14. The van der Waals surface area contributed by atoms with Gasteiger partial charge in [0.15, 0.2) is 6.29 Å². The zero-order valence-corrected chi connectivity index (χ0v) is 17.9. The number of benzene rings is 3. The second kappa shape index (κ2) is 10.4. The third-order valence-electron chi connectivity index (χ3n) is 5.77. The SMILES string of the molecule is c1ccc(COC[C@H]2O[C@@H]3O[C@@H]3[C@@H](OCc3ccccc3)[C@@H]2OCc2ccccc2)cc1. The number of ether oxygens (including phenoxy) is 5. The lowest BCUT2D eigenvalue weighted by atomic mass is 10.0. The van der Waals surface area contributed by atoms with E-state index in [0.717, 1.165) is 16.7 Å². The zero-order chi connectivity index (χ0) is 21.6. The fourth-order valence-electron chi connectivity index (χ4n) is 4.03. The van der Waals surface area contributed by atoms with Gasteiger partial charge in [0.1, 0.15) is 24.4 Å². The van der Waals surface area contributed by atoms with Crippen LogP contribution in [0, 0.1) is 0 Å². The fraction of sp³-hybridized carbons (Fsp3) is 0.333. The molecule has 3 aromatic rings. The topological polar surface area (TPSA) is 49.5 Å². The summed E-state index contributed by atoms with van der Waals surface area (Å²) in [5.74, 6) is 0. The van der Waals surface area contributed by atoms with Crippen molar-refractivity contribution in [1.29, 1.82) is 0 Å². The predicted octanol–water partition coefficient (Wildman–Crippen LogP) is 4.50. The smallest absolute Gasteiger partial charge is 0.187 e. The minimum atomic E-state index is -0.293. The van der Waals surface area contributed by atoms with Crippen molar-refractivity contribution in [1.82, 2.24) is 0 Å². The Morgan fingerprint density at radius 3 is 1.62 bits per heavy atom. The van der Waals surface area contributed by atoms with Crippen LogP contribution in [0.1, 0.15) is 16.7 Å². The highest BCUT2D eigenvalue weighted by molar-refractivity contribution is 5.15. The first-order chi connectivity index (χ1) is 15.9. The molecule has 0 radical (unpaired) electrons. The molecule has 5 atom stereocenters. The molecule has 2 saturated heterocycles. The predicted molar refractivity (Wildman–Crippen MR) is 120 cm³/mol. The summed E-state index contributed by atoms with van der Waals surface area (Å²) in [4.78, 5) is 0. The molecule has 2 fully saturated rings. The summed E-state index contributed by atoms with van der Waals surface area (Å²) in [6.45, 7) is 1.91. The Hall–Kier alpha value is -2.54. The lowest BCUT2D eigenvalue weighted by Crippen LogP contribution is -2.52. The molecule has 0 unspecified atom stereocenters. The number of hydrogen-bond acceptors (Lipinski definition) is 5. The lowest BCUT2D eigenvalue weighted by molar-refractivity contribution is -0.192. The van der Waals surface area contributed by atoms with Gasteiger partial charge in [0.05, 0.1) is 26.4 Å². The van der Waals surface area contributed by atoms with Crippen LogP contribution in [0.4, 0.5) is 0 Å². The molecule has 0 aromatic heterocycles. The first kappa shape index (κ1) is 21.3. The molecule has 0 saturated carbocycles.